The Balaban J connectivity index is 1.72. The van der Waals surface area contributed by atoms with Gasteiger partial charge in [0.15, 0.2) is 28.8 Å². The molecule has 0 spiro atoms. The van der Waals surface area contributed by atoms with Gasteiger partial charge >= 0.3 is 5.97 Å². The van der Waals surface area contributed by atoms with Crippen LogP contribution < -0.4 is 4.74 Å². The summed E-state index contributed by atoms with van der Waals surface area (Å²) in [5.41, 5.74) is 0.798. The van der Waals surface area contributed by atoms with Crippen molar-refractivity contribution in [1.29, 1.82) is 0 Å². The second kappa shape index (κ2) is 9.56. The zero-order valence-electron chi connectivity index (χ0n) is 23.0. The predicted octanol–water partition coefficient (Wildman–Crippen LogP) is 0.910. The number of piperazine rings is 1. The molecule has 3 aliphatic heterocycles. The number of phenols is 2. The number of carbonyl (C=O) groups excluding carboxylic acids is 5. The molecule has 1 fully saturated rings. The Labute approximate surface area is 229 Å². The SMILES string of the molecule is COC1=C(C)C(=O)C2=C(C1=O)C(COC(=O)C(C)=O)N1CC3C(=O)c4c(O)c(C)c(OC)c(O)c4C(C1C2)N3C. The van der Waals surface area contributed by atoms with Crippen LogP contribution >= 0.6 is 0 Å². The van der Waals surface area contributed by atoms with E-state index in [2.05, 4.69) is 0 Å². The van der Waals surface area contributed by atoms with Crippen molar-refractivity contribution in [1.82, 2.24) is 9.80 Å². The average molecular weight is 555 g/mol. The van der Waals surface area contributed by atoms with Crippen LogP contribution in [0.5, 0.6) is 17.2 Å². The van der Waals surface area contributed by atoms with Gasteiger partial charge in [-0.2, -0.15) is 0 Å². The molecule has 5 rings (SSSR count). The number of likely N-dealkylation sites (N-methyl/N-ethyl adjacent to an activating group) is 1. The number of hydrogen-bond donors (Lipinski definition) is 2. The highest BCUT2D eigenvalue weighted by atomic mass is 16.5. The van der Waals surface area contributed by atoms with Gasteiger partial charge in [-0.15, -0.1) is 0 Å². The van der Waals surface area contributed by atoms with Crippen molar-refractivity contribution in [2.45, 2.75) is 51.4 Å². The highest BCUT2D eigenvalue weighted by Crippen LogP contribution is 2.54. The summed E-state index contributed by atoms with van der Waals surface area (Å²) in [6, 6.07) is -3.10. The van der Waals surface area contributed by atoms with Gasteiger partial charge in [-0.1, -0.05) is 0 Å². The highest BCUT2D eigenvalue weighted by molar-refractivity contribution is 6.32. The van der Waals surface area contributed by atoms with Crippen LogP contribution in [0.1, 0.15) is 47.8 Å². The Bertz CT molecular complexity index is 1470. The number of methoxy groups -OCH3 is 2. The Hall–Kier alpha value is -4.03. The van der Waals surface area contributed by atoms with E-state index in [4.69, 9.17) is 14.2 Å². The summed E-state index contributed by atoms with van der Waals surface area (Å²) in [5, 5.41) is 22.3. The number of ether oxygens (including phenoxy) is 3. The van der Waals surface area contributed by atoms with E-state index >= 15 is 0 Å². The van der Waals surface area contributed by atoms with E-state index in [-0.39, 0.29) is 69.4 Å². The van der Waals surface area contributed by atoms with Gasteiger partial charge in [0.2, 0.25) is 11.6 Å². The van der Waals surface area contributed by atoms with Crippen molar-refractivity contribution in [2.24, 2.45) is 0 Å². The molecule has 0 radical (unpaired) electrons. The summed E-state index contributed by atoms with van der Waals surface area (Å²) in [4.78, 5) is 68.3. The Morgan fingerprint density at radius 3 is 2.30 bits per heavy atom. The second-order valence-corrected chi connectivity index (χ2v) is 10.5. The molecule has 0 amide bonds. The molecule has 0 aromatic heterocycles. The fraction of sp³-hybridized carbons (Fsp3) is 0.464. The van der Waals surface area contributed by atoms with E-state index in [1.54, 1.807) is 11.9 Å². The van der Waals surface area contributed by atoms with Crippen LogP contribution in [-0.4, -0.2) is 102 Å². The first-order valence-electron chi connectivity index (χ1n) is 12.8. The standard InChI is InChI=1S/C28H30N2O10/c1-10-21(32)13-7-14-20-18-19(22(33)11(2)27(39-6)25(18)36)23(34)15(29(20)4)8-30(14)16(9-40-28(37)12(3)31)17(13)24(35)26(10)38-5/h14-16,20,33,36H,7-9H2,1-6H3. The van der Waals surface area contributed by atoms with Crippen LogP contribution in [0.4, 0.5) is 0 Å². The number of aromatic hydroxyl groups is 2. The topological polar surface area (TPSA) is 160 Å². The maximum absolute atomic E-state index is 13.8. The van der Waals surface area contributed by atoms with Gasteiger partial charge in [0, 0.05) is 47.4 Å². The molecule has 212 valence electrons. The lowest BCUT2D eigenvalue weighted by Crippen LogP contribution is -2.68. The van der Waals surface area contributed by atoms with E-state index in [0.717, 1.165) is 6.92 Å². The minimum atomic E-state index is -1.10. The Morgan fingerprint density at radius 1 is 1.02 bits per heavy atom. The lowest BCUT2D eigenvalue weighted by atomic mass is 9.71. The largest absolute Gasteiger partial charge is 0.507 e. The van der Waals surface area contributed by atoms with Crippen LogP contribution in [0, 0.1) is 6.92 Å². The number of allylic oxidation sites excluding steroid dienone is 2. The minimum absolute atomic E-state index is 0.00771. The van der Waals surface area contributed by atoms with Crippen molar-refractivity contribution < 1.29 is 48.4 Å². The van der Waals surface area contributed by atoms with E-state index < -0.39 is 59.9 Å². The van der Waals surface area contributed by atoms with Gasteiger partial charge < -0.3 is 24.4 Å². The molecule has 40 heavy (non-hydrogen) atoms. The van der Waals surface area contributed by atoms with Crippen molar-refractivity contribution in [3.05, 3.63) is 39.2 Å². The van der Waals surface area contributed by atoms with Gasteiger partial charge in [0.1, 0.15) is 12.4 Å². The van der Waals surface area contributed by atoms with Crippen molar-refractivity contribution in [2.75, 3.05) is 34.4 Å². The second-order valence-electron chi connectivity index (χ2n) is 10.5. The number of phenolic OH excluding ortho intramolecular Hbond substituents is 2. The van der Waals surface area contributed by atoms with Crippen molar-refractivity contribution >= 4 is 29.1 Å². The number of hydrogen-bond acceptors (Lipinski definition) is 12. The molecule has 4 unspecified atom stereocenters. The number of ketones is 4. The van der Waals surface area contributed by atoms with Crippen LogP contribution in [0.3, 0.4) is 0 Å². The van der Waals surface area contributed by atoms with Crippen LogP contribution in [-0.2, 0) is 28.7 Å². The highest BCUT2D eigenvalue weighted by Gasteiger charge is 2.57. The van der Waals surface area contributed by atoms with Crippen LogP contribution in [0.2, 0.25) is 0 Å². The summed E-state index contributed by atoms with van der Waals surface area (Å²) in [5.74, 6) is -4.01. The van der Waals surface area contributed by atoms with Crippen molar-refractivity contribution in [3.8, 4) is 17.2 Å². The number of rotatable bonds is 5. The molecule has 2 N–H and O–H groups in total. The number of esters is 1. The molecule has 4 atom stereocenters. The Morgan fingerprint density at radius 2 is 1.70 bits per heavy atom. The van der Waals surface area contributed by atoms with Crippen molar-refractivity contribution in [3.63, 3.8) is 0 Å². The lowest BCUT2D eigenvalue weighted by molar-refractivity contribution is -0.155. The zero-order chi connectivity index (χ0) is 29.4. The molecule has 0 saturated carbocycles. The number of nitrogens with zero attached hydrogens (tertiary/aromatic N) is 2. The third-order valence-electron chi connectivity index (χ3n) is 8.57. The number of benzene rings is 1. The third-order valence-corrected chi connectivity index (χ3v) is 8.57. The molecule has 1 aromatic rings. The summed E-state index contributed by atoms with van der Waals surface area (Å²) < 4.78 is 15.9. The smallest absolute Gasteiger partial charge is 0.374 e. The van der Waals surface area contributed by atoms with E-state index in [1.165, 1.54) is 28.1 Å². The first kappa shape index (κ1) is 27.5. The van der Waals surface area contributed by atoms with Gasteiger partial charge in [-0.05, 0) is 27.3 Å². The van der Waals surface area contributed by atoms with E-state index in [0.29, 0.717) is 0 Å². The molecular formula is C28H30N2O10. The van der Waals surface area contributed by atoms with Gasteiger partial charge in [-0.25, -0.2) is 4.79 Å². The van der Waals surface area contributed by atoms with Gasteiger partial charge in [-0.3, -0.25) is 29.0 Å². The molecule has 12 heteroatoms. The minimum Gasteiger partial charge on any atom is -0.507 e. The molecule has 12 nitrogen and oxygen atoms in total. The normalized spacial score (nSPS) is 26.3. The molecule has 1 aliphatic carbocycles. The number of fused-ring (bicyclic) bond motifs is 6. The van der Waals surface area contributed by atoms with Crippen LogP contribution in [0.25, 0.3) is 0 Å². The molecule has 4 aliphatic rings. The summed E-state index contributed by atoms with van der Waals surface area (Å²) in [6.07, 6.45) is 0.0666. The molecule has 2 bridgehead atoms. The molecule has 1 saturated heterocycles. The summed E-state index contributed by atoms with van der Waals surface area (Å²) in [6.45, 7) is 3.72. The lowest BCUT2D eigenvalue weighted by Gasteiger charge is -2.57. The quantitative estimate of drug-likeness (QED) is 0.230. The summed E-state index contributed by atoms with van der Waals surface area (Å²) in [7, 11) is 4.34. The number of Topliss-reactive ketones (excluding diaryl/α,β-unsaturated/α-hetero) is 4. The molecule has 1 aromatic carbocycles. The first-order valence-corrected chi connectivity index (χ1v) is 12.8. The monoisotopic (exact) mass is 554 g/mol. The molecule has 3 heterocycles. The van der Waals surface area contributed by atoms with E-state index in [9.17, 15) is 34.2 Å². The molecular weight excluding hydrogens is 524 g/mol. The van der Waals surface area contributed by atoms with Gasteiger partial charge in [0.25, 0.3) is 0 Å². The summed E-state index contributed by atoms with van der Waals surface area (Å²) >= 11 is 0. The maximum Gasteiger partial charge on any atom is 0.374 e. The van der Waals surface area contributed by atoms with Crippen LogP contribution in [0.15, 0.2) is 22.5 Å². The maximum atomic E-state index is 13.8. The fourth-order valence-corrected chi connectivity index (χ4v) is 6.65. The first-order chi connectivity index (χ1) is 18.9. The average Bonchev–Trinajstić information content (AvgIpc) is 2.91. The fourth-order valence-electron chi connectivity index (χ4n) is 6.65. The third kappa shape index (κ3) is 3.62. The Kier molecular flexibility index (Phi) is 6.58. The zero-order valence-corrected chi connectivity index (χ0v) is 23.0. The van der Waals surface area contributed by atoms with E-state index in [1.807, 2.05) is 4.90 Å². The number of carbonyl (C=O) groups is 5. The van der Waals surface area contributed by atoms with Gasteiger partial charge in [0.05, 0.1) is 37.9 Å². The predicted molar refractivity (Wildman–Crippen MR) is 137 cm³/mol.